The fourth-order valence-electron chi connectivity index (χ4n) is 4.00. The summed E-state index contributed by atoms with van der Waals surface area (Å²) < 4.78 is 40.9. The van der Waals surface area contributed by atoms with Crippen molar-refractivity contribution in [3.63, 3.8) is 0 Å². The fraction of sp³-hybridized carbons (Fsp3) is 0.571. The monoisotopic (exact) mass is 493 g/mol. The molecule has 0 unspecified atom stereocenters. The first kappa shape index (κ1) is 22.5. The maximum Gasteiger partial charge on any atom is 0.243 e. The van der Waals surface area contributed by atoms with Crippen molar-refractivity contribution in [3.05, 3.63) is 24.0 Å². The number of sulfonamides is 1. The Morgan fingerprint density at radius 2 is 1.82 bits per heavy atom. The summed E-state index contributed by atoms with van der Waals surface area (Å²) in [6, 6.07) is 4.72. The highest BCUT2D eigenvalue weighted by atomic mass is 32.2. The summed E-state index contributed by atoms with van der Waals surface area (Å²) in [5.41, 5.74) is 0. The molecule has 2 fully saturated rings. The quantitative estimate of drug-likeness (QED) is 0.557. The largest absolute Gasteiger partial charge is 0.490 e. The standard InChI is InChI=1S/C21H27N5O5S2/c1-24-20(15-3-4-15)22-23-21(24)32-14-19(27)25-7-9-26(10-8-25)33(28,29)16-5-6-17-18(13-16)31-12-2-11-30-17/h5-6,13,15H,2-4,7-12,14H2,1H3. The van der Waals surface area contributed by atoms with E-state index in [9.17, 15) is 13.2 Å². The lowest BCUT2D eigenvalue weighted by Gasteiger charge is -2.34. The van der Waals surface area contributed by atoms with Crippen LogP contribution in [0.4, 0.5) is 0 Å². The second kappa shape index (κ2) is 9.15. The van der Waals surface area contributed by atoms with E-state index in [-0.39, 0.29) is 29.6 Å². The first-order chi connectivity index (χ1) is 15.9. The maximum absolute atomic E-state index is 13.2. The minimum absolute atomic E-state index is 0.0244. The van der Waals surface area contributed by atoms with Crippen molar-refractivity contribution in [1.82, 2.24) is 24.0 Å². The van der Waals surface area contributed by atoms with E-state index in [1.165, 1.54) is 22.1 Å². The average molecular weight is 494 g/mol. The minimum atomic E-state index is -3.68. The third kappa shape index (κ3) is 4.69. The number of thioether (sulfide) groups is 1. The van der Waals surface area contributed by atoms with Crippen LogP contribution in [0.5, 0.6) is 11.5 Å². The van der Waals surface area contributed by atoms with Crippen molar-refractivity contribution in [2.75, 3.05) is 45.1 Å². The summed E-state index contributed by atoms with van der Waals surface area (Å²) in [4.78, 5) is 14.6. The van der Waals surface area contributed by atoms with Crippen molar-refractivity contribution in [3.8, 4) is 11.5 Å². The van der Waals surface area contributed by atoms with Crippen LogP contribution in [0.1, 0.15) is 31.0 Å². The molecular formula is C21H27N5O5S2. The molecule has 0 radical (unpaired) electrons. The molecule has 1 saturated heterocycles. The summed E-state index contributed by atoms with van der Waals surface area (Å²) in [6.45, 7) is 2.26. The second-order valence-corrected chi connectivity index (χ2v) is 11.3. The normalized spacial score (nSPS) is 19.4. The number of piperazine rings is 1. The van der Waals surface area contributed by atoms with Crippen LogP contribution in [-0.4, -0.2) is 83.4 Å². The van der Waals surface area contributed by atoms with Crippen LogP contribution in [0, 0.1) is 0 Å². The average Bonchev–Trinajstić information content (AvgIpc) is 3.63. The van der Waals surface area contributed by atoms with Gasteiger partial charge >= 0.3 is 0 Å². The lowest BCUT2D eigenvalue weighted by atomic mass is 10.3. The van der Waals surface area contributed by atoms with E-state index < -0.39 is 10.0 Å². The van der Waals surface area contributed by atoms with E-state index in [4.69, 9.17) is 9.47 Å². The van der Waals surface area contributed by atoms with Crippen LogP contribution in [0.2, 0.25) is 0 Å². The predicted octanol–water partition coefficient (Wildman–Crippen LogP) is 1.48. The molecule has 10 nitrogen and oxygen atoms in total. The molecule has 2 aliphatic heterocycles. The molecule has 1 saturated carbocycles. The first-order valence-electron chi connectivity index (χ1n) is 11.1. The van der Waals surface area contributed by atoms with Gasteiger partial charge < -0.3 is 18.9 Å². The Labute approximate surface area is 197 Å². The molecule has 178 valence electrons. The third-order valence-electron chi connectivity index (χ3n) is 6.08. The maximum atomic E-state index is 13.2. The number of benzene rings is 1. The Morgan fingerprint density at radius 3 is 2.55 bits per heavy atom. The van der Waals surface area contributed by atoms with Gasteiger partial charge in [-0.1, -0.05) is 11.8 Å². The molecule has 1 aliphatic carbocycles. The highest BCUT2D eigenvalue weighted by molar-refractivity contribution is 7.99. The molecule has 5 rings (SSSR count). The van der Waals surface area contributed by atoms with Gasteiger partial charge in [-0.2, -0.15) is 4.31 Å². The number of amides is 1. The Bertz CT molecular complexity index is 1140. The number of fused-ring (bicyclic) bond motifs is 1. The Kier molecular flexibility index (Phi) is 6.23. The van der Waals surface area contributed by atoms with E-state index >= 15 is 0 Å². The number of hydrogen-bond donors (Lipinski definition) is 0. The van der Waals surface area contributed by atoms with Gasteiger partial charge in [-0.3, -0.25) is 4.79 Å². The molecule has 3 aliphatic rings. The van der Waals surface area contributed by atoms with Crippen molar-refractivity contribution in [2.45, 2.75) is 35.2 Å². The van der Waals surface area contributed by atoms with Crippen LogP contribution in [0.25, 0.3) is 0 Å². The van der Waals surface area contributed by atoms with Crippen molar-refractivity contribution in [2.24, 2.45) is 7.05 Å². The number of ether oxygens (including phenoxy) is 2. The molecule has 2 aromatic rings. The van der Waals surface area contributed by atoms with E-state index in [0.29, 0.717) is 43.7 Å². The number of hydrogen-bond acceptors (Lipinski definition) is 8. The lowest BCUT2D eigenvalue weighted by molar-refractivity contribution is -0.129. The Balaban J connectivity index is 1.17. The molecule has 1 aromatic heterocycles. The highest BCUT2D eigenvalue weighted by Crippen LogP contribution is 2.39. The predicted molar refractivity (Wildman–Crippen MR) is 121 cm³/mol. The van der Waals surface area contributed by atoms with Crippen molar-refractivity contribution < 1.29 is 22.7 Å². The van der Waals surface area contributed by atoms with E-state index in [1.54, 1.807) is 17.0 Å². The highest BCUT2D eigenvalue weighted by Gasteiger charge is 2.32. The number of carbonyl (C=O) groups excluding carboxylic acids is 1. The summed E-state index contributed by atoms with van der Waals surface area (Å²) >= 11 is 1.37. The molecule has 12 heteroatoms. The van der Waals surface area contributed by atoms with Crippen molar-refractivity contribution >= 4 is 27.7 Å². The van der Waals surface area contributed by atoms with Crippen LogP contribution in [-0.2, 0) is 21.9 Å². The zero-order chi connectivity index (χ0) is 23.0. The van der Waals surface area contributed by atoms with Crippen LogP contribution >= 0.6 is 11.8 Å². The molecule has 1 amide bonds. The minimum Gasteiger partial charge on any atom is -0.490 e. The van der Waals surface area contributed by atoms with E-state index in [0.717, 1.165) is 30.2 Å². The molecule has 0 bridgehead atoms. The Morgan fingerprint density at radius 1 is 1.09 bits per heavy atom. The van der Waals surface area contributed by atoms with Gasteiger partial charge in [0.2, 0.25) is 15.9 Å². The zero-order valence-corrected chi connectivity index (χ0v) is 20.1. The third-order valence-corrected chi connectivity index (χ3v) is 8.98. The molecule has 33 heavy (non-hydrogen) atoms. The summed E-state index contributed by atoms with van der Waals surface area (Å²) in [7, 11) is -1.75. The Hall–Kier alpha value is -2.31. The number of carbonyl (C=O) groups is 1. The van der Waals surface area contributed by atoms with Gasteiger partial charge in [0, 0.05) is 51.6 Å². The summed E-state index contributed by atoms with van der Waals surface area (Å²) in [5.74, 6) is 2.73. The topological polar surface area (TPSA) is 107 Å². The van der Waals surface area contributed by atoms with Crippen molar-refractivity contribution in [1.29, 1.82) is 0 Å². The molecule has 3 heterocycles. The van der Waals surface area contributed by atoms with Gasteiger partial charge in [-0.15, -0.1) is 10.2 Å². The van der Waals surface area contributed by atoms with Crippen LogP contribution in [0.3, 0.4) is 0 Å². The molecule has 0 N–H and O–H groups in total. The SMILES string of the molecule is Cn1c(SCC(=O)N2CCN(S(=O)(=O)c3ccc4c(c3)OCCCO4)CC2)nnc1C1CC1. The molecule has 0 spiro atoms. The van der Waals surface area contributed by atoms with E-state index in [2.05, 4.69) is 10.2 Å². The molecule has 1 aromatic carbocycles. The molecular weight excluding hydrogens is 466 g/mol. The van der Waals surface area contributed by atoms with Crippen LogP contribution < -0.4 is 9.47 Å². The number of aromatic nitrogens is 3. The summed E-state index contributed by atoms with van der Waals surface area (Å²) in [6.07, 6.45) is 3.05. The van der Waals surface area contributed by atoms with E-state index in [1.807, 2.05) is 11.6 Å². The van der Waals surface area contributed by atoms with Crippen LogP contribution in [0.15, 0.2) is 28.3 Å². The van der Waals surface area contributed by atoms with Gasteiger partial charge in [-0.05, 0) is 25.0 Å². The van der Waals surface area contributed by atoms with Gasteiger partial charge in [-0.25, -0.2) is 8.42 Å². The summed E-state index contributed by atoms with van der Waals surface area (Å²) in [5, 5.41) is 9.19. The van der Waals surface area contributed by atoms with Gasteiger partial charge in [0.05, 0.1) is 23.9 Å². The van der Waals surface area contributed by atoms with Gasteiger partial charge in [0.25, 0.3) is 0 Å². The zero-order valence-electron chi connectivity index (χ0n) is 18.5. The first-order valence-corrected chi connectivity index (χ1v) is 13.6. The van der Waals surface area contributed by atoms with Gasteiger partial charge in [0.1, 0.15) is 5.82 Å². The number of nitrogens with zero attached hydrogens (tertiary/aromatic N) is 5. The smallest absolute Gasteiger partial charge is 0.243 e. The fourth-order valence-corrected chi connectivity index (χ4v) is 6.26. The number of rotatable bonds is 6. The second-order valence-electron chi connectivity index (χ2n) is 8.41. The lowest BCUT2D eigenvalue weighted by Crippen LogP contribution is -2.51. The van der Waals surface area contributed by atoms with Gasteiger partial charge in [0.15, 0.2) is 16.7 Å². The molecule has 0 atom stereocenters.